The van der Waals surface area contributed by atoms with Gasteiger partial charge in [0.05, 0.1) is 10.2 Å². The second-order valence-corrected chi connectivity index (χ2v) is 4.13. The van der Waals surface area contributed by atoms with Gasteiger partial charge in [-0.25, -0.2) is 0 Å². The van der Waals surface area contributed by atoms with Crippen molar-refractivity contribution in [2.45, 2.75) is 26.7 Å². The van der Waals surface area contributed by atoms with Crippen LogP contribution in [0.2, 0.25) is 0 Å². The van der Waals surface area contributed by atoms with E-state index in [1.54, 1.807) is 0 Å². The Balaban J connectivity index is 2.78. The Bertz CT molecular complexity index is 271. The van der Waals surface area contributed by atoms with Crippen molar-refractivity contribution in [2.75, 3.05) is 6.61 Å². The number of ether oxygens (including phenoxy) is 1. The van der Waals surface area contributed by atoms with E-state index >= 15 is 0 Å². The minimum atomic E-state index is 0.809. The van der Waals surface area contributed by atoms with Crippen LogP contribution in [0.4, 0.5) is 0 Å². The van der Waals surface area contributed by atoms with Gasteiger partial charge in [0, 0.05) is 0 Å². The maximum absolute atomic E-state index is 5.62. The minimum Gasteiger partial charge on any atom is -0.492 e. The highest BCUT2D eigenvalue weighted by Gasteiger charge is 2.00. The molecule has 0 saturated carbocycles. The zero-order valence-electron chi connectivity index (χ0n) is 8.14. The summed E-state index contributed by atoms with van der Waals surface area (Å²) in [5.74, 6) is 1.03. The summed E-state index contributed by atoms with van der Waals surface area (Å²) in [6, 6.07) is 6.41. The zero-order chi connectivity index (χ0) is 9.68. The van der Waals surface area contributed by atoms with Crippen molar-refractivity contribution in [1.29, 1.82) is 0 Å². The van der Waals surface area contributed by atoms with Gasteiger partial charge < -0.3 is 4.74 Å². The molecule has 0 aliphatic carbocycles. The molecule has 1 aromatic rings. The van der Waals surface area contributed by atoms with Crippen LogP contribution in [0.1, 0.15) is 25.8 Å². The first-order valence-corrected chi connectivity index (χ1v) is 5.77. The fourth-order valence-corrected chi connectivity index (χ4v) is 1.58. The van der Waals surface area contributed by atoms with Gasteiger partial charge in [0.1, 0.15) is 5.75 Å². The molecule has 72 valence electrons. The van der Waals surface area contributed by atoms with Gasteiger partial charge in [-0.3, -0.25) is 0 Å². The highest BCUT2D eigenvalue weighted by Crippen LogP contribution is 2.22. The average molecular weight is 290 g/mol. The molecule has 0 aliphatic rings. The number of hydrogen-bond donors (Lipinski definition) is 0. The molecule has 1 aromatic carbocycles. The molecule has 0 bridgehead atoms. The molecule has 1 nitrogen and oxygen atoms in total. The third-order valence-electron chi connectivity index (χ3n) is 1.87. The topological polar surface area (TPSA) is 9.23 Å². The van der Waals surface area contributed by atoms with Crippen molar-refractivity contribution in [3.05, 3.63) is 27.3 Å². The lowest BCUT2D eigenvalue weighted by molar-refractivity contribution is 0.315. The summed E-state index contributed by atoms with van der Waals surface area (Å²) in [7, 11) is 0. The molecule has 0 spiro atoms. The van der Waals surface area contributed by atoms with E-state index in [9.17, 15) is 0 Å². The average Bonchev–Trinajstić information content (AvgIpc) is 2.17. The zero-order valence-corrected chi connectivity index (χ0v) is 10.3. The first-order chi connectivity index (χ1) is 6.27. The van der Waals surface area contributed by atoms with Crippen LogP contribution < -0.4 is 4.74 Å². The molecule has 0 saturated heterocycles. The SMILES string of the molecule is CCCOc1cc(CC)ccc1I. The summed E-state index contributed by atoms with van der Waals surface area (Å²) in [4.78, 5) is 0. The van der Waals surface area contributed by atoms with Crippen LogP contribution in [0.15, 0.2) is 18.2 Å². The monoisotopic (exact) mass is 290 g/mol. The largest absolute Gasteiger partial charge is 0.492 e. The summed E-state index contributed by atoms with van der Waals surface area (Å²) in [5.41, 5.74) is 1.34. The van der Waals surface area contributed by atoms with E-state index in [0.29, 0.717) is 0 Å². The molecule has 0 amide bonds. The Hall–Kier alpha value is -0.250. The molecule has 1 rings (SSSR count). The molecule has 0 heterocycles. The second-order valence-electron chi connectivity index (χ2n) is 2.97. The van der Waals surface area contributed by atoms with Gasteiger partial charge in [0.15, 0.2) is 0 Å². The van der Waals surface area contributed by atoms with Crippen LogP contribution in [0.25, 0.3) is 0 Å². The van der Waals surface area contributed by atoms with Crippen LogP contribution in [-0.4, -0.2) is 6.61 Å². The fourth-order valence-electron chi connectivity index (χ4n) is 1.09. The van der Waals surface area contributed by atoms with E-state index in [-0.39, 0.29) is 0 Å². The van der Waals surface area contributed by atoms with Crippen LogP contribution in [0.3, 0.4) is 0 Å². The Labute approximate surface area is 93.6 Å². The minimum absolute atomic E-state index is 0.809. The van der Waals surface area contributed by atoms with Crippen molar-refractivity contribution in [3.8, 4) is 5.75 Å². The molecule has 0 atom stereocenters. The number of halogens is 1. The van der Waals surface area contributed by atoms with Crippen LogP contribution in [0.5, 0.6) is 5.75 Å². The molecule has 13 heavy (non-hydrogen) atoms. The molecule has 0 aromatic heterocycles. The maximum atomic E-state index is 5.62. The van der Waals surface area contributed by atoms with Crippen LogP contribution in [0, 0.1) is 3.57 Å². The van der Waals surface area contributed by atoms with Crippen molar-refractivity contribution in [3.63, 3.8) is 0 Å². The molecule has 0 fully saturated rings. The first kappa shape index (κ1) is 10.8. The van der Waals surface area contributed by atoms with Gasteiger partial charge in [0.25, 0.3) is 0 Å². The molecule has 0 aliphatic heterocycles. The van der Waals surface area contributed by atoms with Gasteiger partial charge in [-0.2, -0.15) is 0 Å². The Kier molecular flexibility index (Phi) is 4.56. The third-order valence-corrected chi connectivity index (χ3v) is 2.76. The summed E-state index contributed by atoms with van der Waals surface area (Å²) < 4.78 is 6.82. The van der Waals surface area contributed by atoms with Crippen molar-refractivity contribution in [1.82, 2.24) is 0 Å². The number of hydrogen-bond acceptors (Lipinski definition) is 1. The predicted molar refractivity (Wildman–Crippen MR) is 64.3 cm³/mol. The first-order valence-electron chi connectivity index (χ1n) is 4.69. The molecule has 2 heteroatoms. The lowest BCUT2D eigenvalue weighted by Crippen LogP contribution is -1.97. The van der Waals surface area contributed by atoms with Gasteiger partial charge in [-0.05, 0) is 53.1 Å². The van der Waals surface area contributed by atoms with Gasteiger partial charge in [-0.1, -0.05) is 19.9 Å². The van der Waals surface area contributed by atoms with E-state index in [1.165, 1.54) is 9.13 Å². The van der Waals surface area contributed by atoms with Crippen LogP contribution >= 0.6 is 22.6 Å². The summed E-state index contributed by atoms with van der Waals surface area (Å²) in [5, 5.41) is 0. The quantitative estimate of drug-likeness (QED) is 0.769. The highest BCUT2D eigenvalue weighted by atomic mass is 127. The maximum Gasteiger partial charge on any atom is 0.132 e. The Morgan fingerprint density at radius 1 is 1.31 bits per heavy atom. The summed E-state index contributed by atoms with van der Waals surface area (Å²) in [6.45, 7) is 5.09. The van der Waals surface area contributed by atoms with Crippen LogP contribution in [-0.2, 0) is 6.42 Å². The Morgan fingerprint density at radius 2 is 2.08 bits per heavy atom. The van der Waals surface area contributed by atoms with E-state index in [1.807, 2.05) is 0 Å². The fraction of sp³-hybridized carbons (Fsp3) is 0.455. The normalized spacial score (nSPS) is 10.1. The number of rotatable bonds is 4. The lowest BCUT2D eigenvalue weighted by atomic mass is 10.2. The molecular formula is C11H15IO. The van der Waals surface area contributed by atoms with E-state index in [2.05, 4.69) is 54.6 Å². The summed E-state index contributed by atoms with van der Waals surface area (Å²) in [6.07, 6.45) is 2.13. The van der Waals surface area contributed by atoms with Crippen molar-refractivity contribution in [2.24, 2.45) is 0 Å². The number of aryl methyl sites for hydroxylation is 1. The van der Waals surface area contributed by atoms with Gasteiger partial charge in [-0.15, -0.1) is 0 Å². The molecular weight excluding hydrogens is 275 g/mol. The van der Waals surface area contributed by atoms with E-state index in [4.69, 9.17) is 4.74 Å². The van der Waals surface area contributed by atoms with E-state index in [0.717, 1.165) is 25.2 Å². The lowest BCUT2D eigenvalue weighted by Gasteiger charge is -2.08. The second kappa shape index (κ2) is 5.47. The number of benzene rings is 1. The van der Waals surface area contributed by atoms with E-state index < -0.39 is 0 Å². The smallest absolute Gasteiger partial charge is 0.132 e. The van der Waals surface area contributed by atoms with Crippen molar-refractivity contribution >= 4 is 22.6 Å². The van der Waals surface area contributed by atoms with Crippen molar-refractivity contribution < 1.29 is 4.74 Å². The molecule has 0 N–H and O–H groups in total. The molecule has 0 unspecified atom stereocenters. The Morgan fingerprint density at radius 3 is 2.69 bits per heavy atom. The highest BCUT2D eigenvalue weighted by molar-refractivity contribution is 14.1. The third kappa shape index (κ3) is 3.18. The predicted octanol–water partition coefficient (Wildman–Crippen LogP) is 3.64. The van der Waals surface area contributed by atoms with Gasteiger partial charge in [0.2, 0.25) is 0 Å². The van der Waals surface area contributed by atoms with Gasteiger partial charge >= 0.3 is 0 Å². The summed E-state index contributed by atoms with van der Waals surface area (Å²) >= 11 is 2.31. The molecule has 0 radical (unpaired) electrons. The standard InChI is InChI=1S/C11H15IO/c1-3-7-13-11-8-9(4-2)5-6-10(11)12/h5-6,8H,3-4,7H2,1-2H3.